The lowest BCUT2D eigenvalue weighted by Gasteiger charge is -2.06. The number of carboxylic acids is 1. The lowest BCUT2D eigenvalue weighted by atomic mass is 10.1. The molecule has 1 N–H and O–H groups in total. The third-order valence-corrected chi connectivity index (χ3v) is 1.64. The molecule has 0 heterocycles. The molecule has 0 saturated heterocycles. The molecule has 0 bridgehead atoms. The number of alkyl halides is 3. The van der Waals surface area contributed by atoms with E-state index in [0.717, 1.165) is 24.3 Å². The molecule has 0 aromatic heterocycles. The number of hydrogen-bond acceptors (Lipinski definition) is 1. The molecule has 0 aliphatic rings. The van der Waals surface area contributed by atoms with Crippen LogP contribution in [0.2, 0.25) is 0 Å². The van der Waals surface area contributed by atoms with Crippen LogP contribution in [0.5, 0.6) is 0 Å². The Morgan fingerprint density at radius 3 is 2.00 bits per heavy atom. The van der Waals surface area contributed by atoms with Crippen molar-refractivity contribution in [1.82, 2.24) is 0 Å². The van der Waals surface area contributed by atoms with Crippen LogP contribution in [0.3, 0.4) is 0 Å². The van der Waals surface area contributed by atoms with E-state index in [1.807, 2.05) is 0 Å². The second-order valence-electron chi connectivity index (χ2n) is 2.77. The van der Waals surface area contributed by atoms with Gasteiger partial charge in [-0.3, -0.25) is 4.79 Å². The molecule has 0 unspecified atom stereocenters. The van der Waals surface area contributed by atoms with Crippen LogP contribution in [0, 0.1) is 0 Å². The van der Waals surface area contributed by atoms with Gasteiger partial charge < -0.3 is 5.11 Å². The van der Waals surface area contributed by atoms with E-state index < -0.39 is 17.7 Å². The lowest BCUT2D eigenvalue weighted by molar-refractivity contribution is -0.137. The van der Waals surface area contributed by atoms with Crippen molar-refractivity contribution in [3.63, 3.8) is 0 Å². The lowest BCUT2D eigenvalue weighted by Crippen LogP contribution is -2.05. The van der Waals surface area contributed by atoms with Gasteiger partial charge in [-0.1, -0.05) is 12.1 Å². The highest BCUT2D eigenvalue weighted by Gasteiger charge is 2.29. The highest BCUT2D eigenvalue weighted by Crippen LogP contribution is 2.29. The molecule has 0 saturated carbocycles. The molecule has 0 aliphatic heterocycles. The van der Waals surface area contributed by atoms with Crippen molar-refractivity contribution in [2.75, 3.05) is 0 Å². The Kier molecular flexibility index (Phi) is 4.61. The molecule has 0 atom stereocenters. The topological polar surface area (TPSA) is 37.3 Å². The summed E-state index contributed by atoms with van der Waals surface area (Å²) in [6.07, 6.45) is -4.64. The van der Waals surface area contributed by atoms with Crippen LogP contribution in [0.1, 0.15) is 11.1 Å². The zero-order valence-corrected chi connectivity index (χ0v) is 8.23. The molecule has 0 aliphatic carbocycles. The predicted molar refractivity (Wildman–Crippen MR) is 50.0 cm³/mol. The molecular weight excluding hydrogens is 233 g/mol. The highest BCUT2D eigenvalue weighted by molar-refractivity contribution is 5.85. The van der Waals surface area contributed by atoms with Gasteiger partial charge in [-0.15, -0.1) is 12.4 Å². The van der Waals surface area contributed by atoms with E-state index in [1.54, 1.807) is 0 Å². The molecule has 1 aromatic rings. The van der Waals surface area contributed by atoms with Crippen molar-refractivity contribution in [3.8, 4) is 0 Å². The number of hydrogen-bond donors (Lipinski definition) is 1. The first kappa shape index (κ1) is 13.8. The summed E-state index contributed by atoms with van der Waals surface area (Å²) >= 11 is 0. The molecule has 0 amide bonds. The maximum atomic E-state index is 12.1. The number of halogens is 4. The van der Waals surface area contributed by atoms with Gasteiger partial charge in [0.05, 0.1) is 12.0 Å². The standard InChI is InChI=1S/C9H7F3O2.ClH/c10-9(11,12)7-3-1-6(2-4-7)5-8(13)14;/h1-4H,5H2,(H,13,14);1H. The smallest absolute Gasteiger partial charge is 0.416 e. The van der Waals surface area contributed by atoms with Crippen LogP contribution < -0.4 is 0 Å². The fourth-order valence-corrected chi connectivity index (χ4v) is 0.986. The molecule has 1 rings (SSSR count). The minimum absolute atomic E-state index is 0. The molecule has 6 heteroatoms. The third kappa shape index (κ3) is 4.20. The molecule has 0 spiro atoms. The first-order valence-electron chi connectivity index (χ1n) is 3.77. The average Bonchev–Trinajstić information content (AvgIpc) is 2.02. The number of rotatable bonds is 2. The summed E-state index contributed by atoms with van der Waals surface area (Å²) in [5, 5.41) is 8.37. The van der Waals surface area contributed by atoms with Gasteiger partial charge in [0.2, 0.25) is 0 Å². The second-order valence-corrected chi connectivity index (χ2v) is 2.77. The first-order chi connectivity index (χ1) is 6.39. The molecule has 1 aromatic carbocycles. The largest absolute Gasteiger partial charge is 0.481 e. The summed E-state index contributed by atoms with van der Waals surface area (Å²) in [4.78, 5) is 10.2. The Morgan fingerprint density at radius 1 is 1.20 bits per heavy atom. The normalized spacial score (nSPS) is 10.6. The van der Waals surface area contributed by atoms with Gasteiger partial charge in [0, 0.05) is 0 Å². The van der Waals surface area contributed by atoms with Crippen LogP contribution in [-0.4, -0.2) is 11.1 Å². The van der Waals surface area contributed by atoms with E-state index in [4.69, 9.17) is 5.11 Å². The number of benzene rings is 1. The van der Waals surface area contributed by atoms with Gasteiger partial charge in [-0.05, 0) is 17.7 Å². The molecule has 2 nitrogen and oxygen atoms in total. The van der Waals surface area contributed by atoms with Crippen molar-refractivity contribution >= 4 is 18.4 Å². The maximum Gasteiger partial charge on any atom is 0.416 e. The molecular formula is C9H8ClF3O2. The Balaban J connectivity index is 0.00000196. The van der Waals surface area contributed by atoms with Gasteiger partial charge in [0.25, 0.3) is 0 Å². The van der Waals surface area contributed by atoms with Gasteiger partial charge in [-0.2, -0.15) is 13.2 Å². The predicted octanol–water partition coefficient (Wildman–Crippen LogP) is 2.75. The highest BCUT2D eigenvalue weighted by atomic mass is 35.5. The van der Waals surface area contributed by atoms with E-state index in [1.165, 1.54) is 0 Å². The zero-order valence-electron chi connectivity index (χ0n) is 7.41. The summed E-state index contributed by atoms with van der Waals surface area (Å²) in [5.41, 5.74) is -0.419. The van der Waals surface area contributed by atoms with Gasteiger partial charge >= 0.3 is 12.1 Å². The van der Waals surface area contributed by atoms with Gasteiger partial charge in [-0.25, -0.2) is 0 Å². The monoisotopic (exact) mass is 240 g/mol. The van der Waals surface area contributed by atoms with E-state index in [2.05, 4.69) is 0 Å². The van der Waals surface area contributed by atoms with Crippen LogP contribution in [0.25, 0.3) is 0 Å². The van der Waals surface area contributed by atoms with Crippen LogP contribution in [0.4, 0.5) is 13.2 Å². The van der Waals surface area contributed by atoms with Crippen LogP contribution in [0.15, 0.2) is 24.3 Å². The second kappa shape index (κ2) is 5.02. The van der Waals surface area contributed by atoms with Gasteiger partial charge in [0.15, 0.2) is 0 Å². The summed E-state index contributed by atoms with van der Waals surface area (Å²) in [5.74, 6) is -1.07. The summed E-state index contributed by atoms with van der Waals surface area (Å²) in [7, 11) is 0. The summed E-state index contributed by atoms with van der Waals surface area (Å²) < 4.78 is 36.2. The van der Waals surface area contributed by atoms with E-state index in [-0.39, 0.29) is 18.8 Å². The summed E-state index contributed by atoms with van der Waals surface area (Å²) in [6, 6.07) is 4.07. The van der Waals surface area contributed by atoms with Crippen molar-refractivity contribution in [3.05, 3.63) is 35.4 Å². The summed E-state index contributed by atoms with van der Waals surface area (Å²) in [6.45, 7) is 0. The fourth-order valence-electron chi connectivity index (χ4n) is 0.986. The molecule has 0 radical (unpaired) electrons. The Labute approximate surface area is 90.1 Å². The van der Waals surface area contributed by atoms with Crippen molar-refractivity contribution in [2.24, 2.45) is 0 Å². The van der Waals surface area contributed by atoms with E-state index in [9.17, 15) is 18.0 Å². The van der Waals surface area contributed by atoms with Crippen molar-refractivity contribution < 1.29 is 23.1 Å². The third-order valence-electron chi connectivity index (χ3n) is 1.64. The Morgan fingerprint density at radius 2 is 1.67 bits per heavy atom. The minimum Gasteiger partial charge on any atom is -0.481 e. The molecule has 15 heavy (non-hydrogen) atoms. The minimum atomic E-state index is -4.37. The Hall–Kier alpha value is -1.23. The van der Waals surface area contributed by atoms with Crippen LogP contribution in [-0.2, 0) is 17.4 Å². The van der Waals surface area contributed by atoms with Crippen molar-refractivity contribution in [2.45, 2.75) is 12.6 Å². The van der Waals surface area contributed by atoms with Crippen molar-refractivity contribution in [1.29, 1.82) is 0 Å². The molecule has 84 valence electrons. The van der Waals surface area contributed by atoms with Gasteiger partial charge in [0.1, 0.15) is 0 Å². The zero-order chi connectivity index (χ0) is 10.8. The molecule has 0 fully saturated rings. The average molecular weight is 241 g/mol. The van der Waals surface area contributed by atoms with Crippen LogP contribution >= 0.6 is 12.4 Å². The SMILES string of the molecule is Cl.O=C(O)Cc1ccc(C(F)(F)F)cc1. The van der Waals surface area contributed by atoms with E-state index in [0.29, 0.717) is 5.56 Å². The number of carboxylic acid groups (broad SMARTS) is 1. The number of aliphatic carboxylic acids is 1. The maximum absolute atomic E-state index is 12.1. The quantitative estimate of drug-likeness (QED) is 0.863. The number of carbonyl (C=O) groups is 1. The first-order valence-corrected chi connectivity index (χ1v) is 3.77. The Bertz CT molecular complexity index is 332. The fraction of sp³-hybridized carbons (Fsp3) is 0.222. The van der Waals surface area contributed by atoms with E-state index >= 15 is 0 Å².